The molecule has 0 atom stereocenters. The molecule has 0 radical (unpaired) electrons. The van der Waals surface area contributed by atoms with Gasteiger partial charge in [-0.1, -0.05) is 30.3 Å². The van der Waals surface area contributed by atoms with Gasteiger partial charge in [0.2, 0.25) is 12.6 Å². The van der Waals surface area contributed by atoms with E-state index < -0.39 is 11.3 Å². The monoisotopic (exact) mass is 323 g/mol. The van der Waals surface area contributed by atoms with Crippen molar-refractivity contribution in [3.05, 3.63) is 63.9 Å². The third kappa shape index (κ3) is 1.96. The zero-order valence-electron chi connectivity index (χ0n) is 12.8. The van der Waals surface area contributed by atoms with E-state index in [1.54, 1.807) is 49.5 Å². The highest BCUT2D eigenvalue weighted by Crippen LogP contribution is 2.39. The minimum absolute atomic E-state index is 0.0795. The minimum atomic E-state index is -0.562. The van der Waals surface area contributed by atoms with Gasteiger partial charge < -0.3 is 19.1 Å². The fourth-order valence-corrected chi connectivity index (χ4v) is 2.85. The Bertz CT molecular complexity index is 1040. The Morgan fingerprint density at radius 2 is 1.79 bits per heavy atom. The predicted octanol–water partition coefficient (Wildman–Crippen LogP) is 2.20. The summed E-state index contributed by atoms with van der Waals surface area (Å²) in [5, 5.41) is 10.9. The second kappa shape index (κ2) is 5.13. The molecule has 4 rings (SSSR count). The molecule has 0 spiro atoms. The maximum absolute atomic E-state index is 12.7. The number of fused-ring (bicyclic) bond motifs is 2. The van der Waals surface area contributed by atoms with E-state index in [-0.39, 0.29) is 18.1 Å². The van der Waals surface area contributed by atoms with Crippen LogP contribution in [0.1, 0.15) is 15.9 Å². The number of rotatable bonds is 2. The Morgan fingerprint density at radius 3 is 2.50 bits per heavy atom. The molecular formula is C18H13NO5. The van der Waals surface area contributed by atoms with Crippen molar-refractivity contribution in [1.29, 1.82) is 0 Å². The molecule has 0 fully saturated rings. The number of pyridine rings is 1. The lowest BCUT2D eigenvalue weighted by atomic mass is 10.0. The van der Waals surface area contributed by atoms with Gasteiger partial charge in [-0.25, -0.2) is 0 Å². The molecule has 2 aromatic carbocycles. The lowest BCUT2D eigenvalue weighted by Gasteiger charge is -2.12. The smallest absolute Gasteiger partial charge is 0.265 e. The van der Waals surface area contributed by atoms with Crippen molar-refractivity contribution >= 4 is 16.7 Å². The highest BCUT2D eigenvalue weighted by Gasteiger charge is 2.24. The summed E-state index contributed by atoms with van der Waals surface area (Å²) in [7, 11) is 1.55. The molecule has 0 unspecified atom stereocenters. The van der Waals surface area contributed by atoms with Crippen LogP contribution >= 0.6 is 0 Å². The third-order valence-electron chi connectivity index (χ3n) is 4.13. The molecule has 6 heteroatoms. The number of aromatic hydroxyl groups is 1. The van der Waals surface area contributed by atoms with Gasteiger partial charge in [0.1, 0.15) is 11.3 Å². The number of hydrogen-bond donors (Lipinski definition) is 1. The van der Waals surface area contributed by atoms with Crippen LogP contribution < -0.4 is 15.0 Å². The number of aromatic nitrogens is 1. The van der Waals surface area contributed by atoms with Crippen molar-refractivity contribution in [2.24, 2.45) is 7.05 Å². The average molecular weight is 323 g/mol. The normalized spacial score (nSPS) is 12.5. The molecule has 0 amide bonds. The summed E-state index contributed by atoms with van der Waals surface area (Å²) >= 11 is 0. The van der Waals surface area contributed by atoms with Gasteiger partial charge in [0.25, 0.3) is 5.56 Å². The molecular weight excluding hydrogens is 310 g/mol. The predicted molar refractivity (Wildman–Crippen MR) is 86.9 cm³/mol. The zero-order chi connectivity index (χ0) is 16.8. The van der Waals surface area contributed by atoms with Gasteiger partial charge in [0.15, 0.2) is 11.5 Å². The number of ether oxygens (including phenoxy) is 2. The van der Waals surface area contributed by atoms with Gasteiger partial charge in [-0.05, 0) is 6.07 Å². The van der Waals surface area contributed by atoms with E-state index in [9.17, 15) is 14.7 Å². The summed E-state index contributed by atoms with van der Waals surface area (Å²) < 4.78 is 11.9. The number of benzene rings is 2. The van der Waals surface area contributed by atoms with Crippen LogP contribution in [0.25, 0.3) is 10.9 Å². The zero-order valence-corrected chi connectivity index (χ0v) is 12.8. The quantitative estimate of drug-likeness (QED) is 0.732. The van der Waals surface area contributed by atoms with Crippen molar-refractivity contribution in [1.82, 2.24) is 4.57 Å². The molecule has 3 aromatic rings. The number of nitrogens with zero attached hydrogens (tertiary/aromatic N) is 1. The lowest BCUT2D eigenvalue weighted by Crippen LogP contribution is -2.25. The number of carbonyl (C=O) groups is 1. The topological polar surface area (TPSA) is 77.8 Å². The van der Waals surface area contributed by atoms with E-state index in [1.165, 1.54) is 4.57 Å². The second-order valence-electron chi connectivity index (χ2n) is 5.51. The Labute approximate surface area is 136 Å². The summed E-state index contributed by atoms with van der Waals surface area (Å²) in [6.45, 7) is 0.0795. The fourth-order valence-electron chi connectivity index (χ4n) is 2.85. The number of aryl methyl sites for hydroxylation is 1. The van der Waals surface area contributed by atoms with E-state index in [4.69, 9.17) is 9.47 Å². The Morgan fingerprint density at radius 1 is 1.12 bits per heavy atom. The second-order valence-corrected chi connectivity index (χ2v) is 5.51. The van der Waals surface area contributed by atoms with Gasteiger partial charge in [-0.15, -0.1) is 0 Å². The summed E-state index contributed by atoms with van der Waals surface area (Å²) in [4.78, 5) is 25.3. The average Bonchev–Trinajstić information content (AvgIpc) is 3.07. The van der Waals surface area contributed by atoms with Crippen LogP contribution in [0.2, 0.25) is 0 Å². The molecule has 24 heavy (non-hydrogen) atoms. The molecule has 1 aliphatic rings. The van der Waals surface area contributed by atoms with Crippen molar-refractivity contribution in [3.63, 3.8) is 0 Å². The van der Waals surface area contributed by atoms with E-state index in [2.05, 4.69) is 0 Å². The van der Waals surface area contributed by atoms with Gasteiger partial charge in [-0.2, -0.15) is 0 Å². The molecule has 1 aromatic heterocycles. The van der Waals surface area contributed by atoms with Crippen LogP contribution in [0.15, 0.2) is 47.3 Å². The van der Waals surface area contributed by atoms with Crippen LogP contribution in [0.4, 0.5) is 0 Å². The maximum atomic E-state index is 12.7. The molecule has 1 aliphatic heterocycles. The first-order valence-electron chi connectivity index (χ1n) is 7.33. The van der Waals surface area contributed by atoms with Crippen molar-refractivity contribution < 1.29 is 19.4 Å². The van der Waals surface area contributed by atoms with E-state index >= 15 is 0 Å². The van der Waals surface area contributed by atoms with Gasteiger partial charge in [0, 0.05) is 24.1 Å². The summed E-state index contributed by atoms with van der Waals surface area (Å²) in [6.07, 6.45) is 0. The van der Waals surface area contributed by atoms with Crippen LogP contribution in [-0.4, -0.2) is 22.2 Å². The van der Waals surface area contributed by atoms with E-state index in [1.807, 2.05) is 0 Å². The molecule has 120 valence electrons. The summed E-state index contributed by atoms with van der Waals surface area (Å²) in [5.41, 5.74) is -0.0147. The number of ketones is 1. The van der Waals surface area contributed by atoms with Gasteiger partial charge in [0.05, 0.1) is 5.52 Å². The number of carbonyl (C=O) groups excluding carboxylic acids is 1. The molecule has 0 saturated heterocycles. The van der Waals surface area contributed by atoms with Crippen LogP contribution in [0.5, 0.6) is 17.2 Å². The molecule has 0 bridgehead atoms. The summed E-state index contributed by atoms with van der Waals surface area (Å²) in [6, 6.07) is 11.6. The Kier molecular flexibility index (Phi) is 3.06. The largest absolute Gasteiger partial charge is 0.506 e. The molecule has 2 heterocycles. The highest BCUT2D eigenvalue weighted by atomic mass is 16.7. The molecule has 0 saturated carbocycles. The number of hydrogen-bond acceptors (Lipinski definition) is 5. The molecule has 6 nitrogen and oxygen atoms in total. The maximum Gasteiger partial charge on any atom is 0.265 e. The first-order chi connectivity index (χ1) is 11.6. The van der Waals surface area contributed by atoms with Crippen LogP contribution in [0, 0.1) is 0 Å². The van der Waals surface area contributed by atoms with Crippen molar-refractivity contribution in [3.8, 4) is 17.2 Å². The highest BCUT2D eigenvalue weighted by molar-refractivity contribution is 6.13. The van der Waals surface area contributed by atoms with Crippen molar-refractivity contribution in [2.45, 2.75) is 0 Å². The van der Waals surface area contributed by atoms with Crippen LogP contribution in [-0.2, 0) is 7.05 Å². The lowest BCUT2D eigenvalue weighted by molar-refractivity contribution is 0.103. The Balaban J connectivity index is 2.02. The molecule has 0 aliphatic carbocycles. The standard InChI is InChI=1S/C18H13NO5/c1-19-12-8-14-13(23-9-24-14)7-11(12)17(21)15(18(19)22)16(20)10-5-3-2-4-6-10/h2-8,21H,9H2,1H3. The van der Waals surface area contributed by atoms with E-state index in [0.29, 0.717) is 28.0 Å². The van der Waals surface area contributed by atoms with E-state index in [0.717, 1.165) is 0 Å². The van der Waals surface area contributed by atoms with Crippen molar-refractivity contribution in [2.75, 3.05) is 6.79 Å². The third-order valence-corrected chi connectivity index (χ3v) is 4.13. The summed E-state index contributed by atoms with van der Waals surface area (Å²) in [5.74, 6) is 0.0992. The van der Waals surface area contributed by atoms with Crippen LogP contribution in [0.3, 0.4) is 0 Å². The minimum Gasteiger partial charge on any atom is -0.506 e. The van der Waals surface area contributed by atoms with Gasteiger partial charge >= 0.3 is 0 Å². The first-order valence-corrected chi connectivity index (χ1v) is 7.33. The fraction of sp³-hybridized carbons (Fsp3) is 0.111. The Hall–Kier alpha value is -3.28. The molecule has 1 N–H and O–H groups in total. The van der Waals surface area contributed by atoms with Gasteiger partial charge in [-0.3, -0.25) is 9.59 Å². The first kappa shape index (κ1) is 14.3. The SMILES string of the molecule is Cn1c(=O)c(C(=O)c2ccccc2)c(O)c2cc3c(cc21)OCO3.